The van der Waals surface area contributed by atoms with Crippen molar-refractivity contribution in [2.75, 3.05) is 25.1 Å². The highest BCUT2D eigenvalue weighted by atomic mass is 16.5. The van der Waals surface area contributed by atoms with Gasteiger partial charge in [0.25, 0.3) is 0 Å². The number of nitrogens with two attached hydrogens (primary N) is 1. The van der Waals surface area contributed by atoms with Crippen LogP contribution in [0.5, 0.6) is 5.75 Å². The van der Waals surface area contributed by atoms with Crippen molar-refractivity contribution in [1.82, 2.24) is 0 Å². The molecule has 1 heterocycles. The molecule has 0 saturated carbocycles. The molecule has 1 aromatic carbocycles. The van der Waals surface area contributed by atoms with Gasteiger partial charge in [-0.05, 0) is 25.1 Å². The van der Waals surface area contributed by atoms with Crippen molar-refractivity contribution in [2.45, 2.75) is 12.5 Å². The molecular formula is C12H15N3O. The van der Waals surface area contributed by atoms with Crippen LogP contribution in [0.3, 0.4) is 0 Å². The number of ether oxygens (including phenoxy) is 1. The lowest BCUT2D eigenvalue weighted by atomic mass is 10.1. The van der Waals surface area contributed by atoms with E-state index in [2.05, 4.69) is 11.0 Å². The summed E-state index contributed by atoms with van der Waals surface area (Å²) < 4.78 is 5.65. The van der Waals surface area contributed by atoms with E-state index in [1.807, 2.05) is 19.2 Å². The van der Waals surface area contributed by atoms with E-state index in [0.717, 1.165) is 17.9 Å². The summed E-state index contributed by atoms with van der Waals surface area (Å²) in [5, 5.41) is 8.81. The Hall–Kier alpha value is -1.73. The zero-order valence-electron chi connectivity index (χ0n) is 9.31. The number of benzene rings is 1. The average molecular weight is 217 g/mol. The topological polar surface area (TPSA) is 62.3 Å². The van der Waals surface area contributed by atoms with Crippen LogP contribution in [0.1, 0.15) is 12.0 Å². The van der Waals surface area contributed by atoms with Crippen molar-refractivity contribution in [3.05, 3.63) is 23.8 Å². The summed E-state index contributed by atoms with van der Waals surface area (Å²) in [4.78, 5) is 2.17. The van der Waals surface area contributed by atoms with Gasteiger partial charge in [0, 0.05) is 13.1 Å². The van der Waals surface area contributed by atoms with Crippen molar-refractivity contribution in [2.24, 2.45) is 5.73 Å². The zero-order chi connectivity index (χ0) is 11.5. The second kappa shape index (κ2) is 4.42. The van der Waals surface area contributed by atoms with E-state index in [9.17, 15) is 0 Å². The van der Waals surface area contributed by atoms with Crippen molar-refractivity contribution < 1.29 is 4.74 Å². The van der Waals surface area contributed by atoms with E-state index in [4.69, 9.17) is 15.7 Å². The van der Waals surface area contributed by atoms with Crippen molar-refractivity contribution in [1.29, 1.82) is 5.26 Å². The quantitative estimate of drug-likeness (QED) is 0.806. The summed E-state index contributed by atoms with van der Waals surface area (Å²) in [5.41, 5.74) is 7.22. The molecular weight excluding hydrogens is 202 g/mol. The SMILES string of the molecule is CN1c2ccc(C#N)cc2OCC1CCN. The second-order valence-corrected chi connectivity index (χ2v) is 3.95. The van der Waals surface area contributed by atoms with E-state index in [-0.39, 0.29) is 0 Å². The largest absolute Gasteiger partial charge is 0.489 e. The fourth-order valence-electron chi connectivity index (χ4n) is 1.95. The normalized spacial score (nSPS) is 18.6. The van der Waals surface area contributed by atoms with Crippen LogP contribution in [-0.4, -0.2) is 26.2 Å². The van der Waals surface area contributed by atoms with E-state index in [1.54, 1.807) is 6.07 Å². The molecule has 0 aromatic heterocycles. The Morgan fingerprint density at radius 1 is 1.62 bits per heavy atom. The van der Waals surface area contributed by atoms with Gasteiger partial charge in [-0.15, -0.1) is 0 Å². The van der Waals surface area contributed by atoms with Crippen LogP contribution >= 0.6 is 0 Å². The van der Waals surface area contributed by atoms with Crippen molar-refractivity contribution >= 4 is 5.69 Å². The maximum absolute atomic E-state index is 8.81. The highest BCUT2D eigenvalue weighted by Crippen LogP contribution is 2.34. The molecule has 16 heavy (non-hydrogen) atoms. The van der Waals surface area contributed by atoms with Gasteiger partial charge in [-0.25, -0.2) is 0 Å². The maximum atomic E-state index is 8.81. The first-order valence-corrected chi connectivity index (χ1v) is 5.36. The molecule has 1 atom stereocenters. The molecule has 0 spiro atoms. The summed E-state index contributed by atoms with van der Waals surface area (Å²) in [6, 6.07) is 7.95. The van der Waals surface area contributed by atoms with Crippen LogP contribution < -0.4 is 15.4 Å². The molecule has 2 N–H and O–H groups in total. The zero-order valence-corrected chi connectivity index (χ0v) is 9.31. The monoisotopic (exact) mass is 217 g/mol. The summed E-state index contributed by atoms with van der Waals surface area (Å²) in [5.74, 6) is 0.787. The van der Waals surface area contributed by atoms with Gasteiger partial charge in [-0.3, -0.25) is 0 Å². The van der Waals surface area contributed by atoms with Gasteiger partial charge >= 0.3 is 0 Å². The van der Waals surface area contributed by atoms with Gasteiger partial charge in [0.15, 0.2) is 0 Å². The average Bonchev–Trinajstić information content (AvgIpc) is 2.32. The number of rotatable bonds is 2. The summed E-state index contributed by atoms with van der Waals surface area (Å²) >= 11 is 0. The summed E-state index contributed by atoms with van der Waals surface area (Å²) in [6.45, 7) is 1.29. The Balaban J connectivity index is 2.29. The van der Waals surface area contributed by atoms with Crippen LogP contribution in [0, 0.1) is 11.3 Å². The molecule has 0 bridgehead atoms. The van der Waals surface area contributed by atoms with Gasteiger partial charge in [-0.1, -0.05) is 0 Å². The second-order valence-electron chi connectivity index (χ2n) is 3.95. The first kappa shape index (κ1) is 10.8. The first-order chi connectivity index (χ1) is 7.76. The van der Waals surface area contributed by atoms with E-state index in [0.29, 0.717) is 24.8 Å². The number of hydrogen-bond acceptors (Lipinski definition) is 4. The number of fused-ring (bicyclic) bond motifs is 1. The van der Waals surface area contributed by atoms with E-state index < -0.39 is 0 Å². The molecule has 4 nitrogen and oxygen atoms in total. The van der Waals surface area contributed by atoms with Gasteiger partial charge in [0.2, 0.25) is 0 Å². The fourth-order valence-corrected chi connectivity index (χ4v) is 1.95. The number of nitriles is 1. The van der Waals surface area contributed by atoms with Gasteiger partial charge in [-0.2, -0.15) is 5.26 Å². The number of nitrogens with zero attached hydrogens (tertiary/aromatic N) is 2. The number of anilines is 1. The number of hydrogen-bond donors (Lipinski definition) is 1. The molecule has 0 aliphatic carbocycles. The standard InChI is InChI=1S/C12H15N3O/c1-15-10(4-5-13)8-16-12-6-9(7-14)2-3-11(12)15/h2-3,6,10H,4-5,8,13H2,1H3. The lowest BCUT2D eigenvalue weighted by molar-refractivity contribution is 0.261. The molecule has 4 heteroatoms. The molecule has 0 fully saturated rings. The lowest BCUT2D eigenvalue weighted by Crippen LogP contribution is -2.41. The number of likely N-dealkylation sites (N-methyl/N-ethyl adjacent to an activating group) is 1. The molecule has 2 rings (SSSR count). The van der Waals surface area contributed by atoms with Crippen LogP contribution in [0.15, 0.2) is 18.2 Å². The summed E-state index contributed by atoms with van der Waals surface area (Å²) in [6.07, 6.45) is 0.913. The van der Waals surface area contributed by atoms with E-state index in [1.165, 1.54) is 0 Å². The third-order valence-corrected chi connectivity index (χ3v) is 2.95. The molecule has 1 unspecified atom stereocenters. The van der Waals surface area contributed by atoms with Crippen LogP contribution in [-0.2, 0) is 0 Å². The Morgan fingerprint density at radius 3 is 3.12 bits per heavy atom. The minimum Gasteiger partial charge on any atom is -0.489 e. The van der Waals surface area contributed by atoms with Gasteiger partial charge in [0.1, 0.15) is 12.4 Å². The molecule has 1 aliphatic rings. The molecule has 84 valence electrons. The summed E-state index contributed by atoms with van der Waals surface area (Å²) in [7, 11) is 2.04. The van der Waals surface area contributed by atoms with Gasteiger partial charge < -0.3 is 15.4 Å². The van der Waals surface area contributed by atoms with Crippen LogP contribution in [0.2, 0.25) is 0 Å². The predicted octanol–water partition coefficient (Wildman–Crippen LogP) is 1.10. The third kappa shape index (κ3) is 1.82. The highest BCUT2D eigenvalue weighted by Gasteiger charge is 2.23. The minimum absolute atomic E-state index is 0.324. The van der Waals surface area contributed by atoms with Gasteiger partial charge in [0.05, 0.1) is 23.4 Å². The Morgan fingerprint density at radius 2 is 2.44 bits per heavy atom. The molecule has 0 radical (unpaired) electrons. The fraction of sp³-hybridized carbons (Fsp3) is 0.417. The van der Waals surface area contributed by atoms with Crippen LogP contribution in [0.25, 0.3) is 0 Å². The Bertz CT molecular complexity index is 425. The Labute approximate surface area is 95.2 Å². The predicted molar refractivity (Wildman–Crippen MR) is 62.5 cm³/mol. The minimum atomic E-state index is 0.324. The Kier molecular flexibility index (Phi) is 2.97. The first-order valence-electron chi connectivity index (χ1n) is 5.36. The molecule has 0 amide bonds. The van der Waals surface area contributed by atoms with E-state index >= 15 is 0 Å². The lowest BCUT2D eigenvalue weighted by Gasteiger charge is -2.35. The van der Waals surface area contributed by atoms with Crippen molar-refractivity contribution in [3.8, 4) is 11.8 Å². The molecule has 1 aromatic rings. The third-order valence-electron chi connectivity index (χ3n) is 2.95. The highest BCUT2D eigenvalue weighted by molar-refractivity contribution is 5.62. The molecule has 1 aliphatic heterocycles. The van der Waals surface area contributed by atoms with Crippen LogP contribution in [0.4, 0.5) is 5.69 Å². The maximum Gasteiger partial charge on any atom is 0.144 e. The van der Waals surface area contributed by atoms with Crippen molar-refractivity contribution in [3.63, 3.8) is 0 Å². The molecule has 0 saturated heterocycles. The smallest absolute Gasteiger partial charge is 0.144 e.